The third-order valence-electron chi connectivity index (χ3n) is 3.36. The normalized spacial score (nSPS) is 13.9. The van der Waals surface area contributed by atoms with E-state index >= 15 is 0 Å². The highest BCUT2D eigenvalue weighted by atomic mass is 32.1. The van der Waals surface area contributed by atoms with E-state index in [2.05, 4.69) is 20.2 Å². The molecule has 0 saturated heterocycles. The molecule has 120 valence electrons. The number of nitrogens with one attached hydrogen (secondary N) is 1. The van der Waals surface area contributed by atoms with Gasteiger partial charge in [-0.3, -0.25) is 9.78 Å². The van der Waals surface area contributed by atoms with Crippen molar-refractivity contribution >= 4 is 12.2 Å². The molecule has 7 nitrogen and oxygen atoms in total. The predicted octanol–water partition coefficient (Wildman–Crippen LogP) is 1.40. The second-order valence-corrected chi connectivity index (χ2v) is 5.37. The van der Waals surface area contributed by atoms with Crippen molar-refractivity contribution in [2.45, 2.75) is 18.7 Å². The number of nitrogens with zero attached hydrogens (tertiary/aromatic N) is 5. The largest absolute Gasteiger partial charge is 0.381 e. The van der Waals surface area contributed by atoms with Crippen LogP contribution in [-0.4, -0.2) is 34.6 Å². The van der Waals surface area contributed by atoms with Crippen LogP contribution in [0.2, 0.25) is 0 Å². The smallest absolute Gasteiger partial charge is 0.215 e. The predicted molar refractivity (Wildman–Crippen MR) is 77.7 cm³/mol. The van der Waals surface area contributed by atoms with E-state index in [9.17, 15) is 13.9 Å². The minimum atomic E-state index is -1.74. The van der Waals surface area contributed by atoms with Gasteiger partial charge in [0, 0.05) is 11.6 Å². The number of H-pyrrole nitrogens is 1. The van der Waals surface area contributed by atoms with Gasteiger partial charge in [0.2, 0.25) is 4.77 Å². The SMILES string of the molecule is OC(Cn1cncn1)(Cn1[nH]cnc1=S)c1ccc(F)cc1F. The number of aromatic amines is 1. The van der Waals surface area contributed by atoms with E-state index in [1.54, 1.807) is 0 Å². The van der Waals surface area contributed by atoms with Crippen molar-refractivity contribution in [3.05, 3.63) is 59.2 Å². The summed E-state index contributed by atoms with van der Waals surface area (Å²) in [6.45, 7) is -0.218. The lowest BCUT2D eigenvalue weighted by molar-refractivity contribution is -0.00892. The summed E-state index contributed by atoms with van der Waals surface area (Å²) in [6, 6.07) is 2.99. The van der Waals surface area contributed by atoms with E-state index in [1.165, 1.54) is 34.4 Å². The standard InChI is InChI=1S/C13H12F2N6OS/c14-9-1-2-10(11(15)3-9)13(22,4-20-8-16-6-18-20)5-21-12(23)17-7-19-21/h1-3,6-8,22H,4-5H2,(H,17,19,23). The highest BCUT2D eigenvalue weighted by Crippen LogP contribution is 2.28. The van der Waals surface area contributed by atoms with Crippen molar-refractivity contribution in [2.75, 3.05) is 0 Å². The molecule has 0 aliphatic heterocycles. The van der Waals surface area contributed by atoms with Crippen molar-refractivity contribution in [1.29, 1.82) is 0 Å². The van der Waals surface area contributed by atoms with E-state index in [1.807, 2.05) is 0 Å². The van der Waals surface area contributed by atoms with Gasteiger partial charge in [0.05, 0.1) is 13.1 Å². The first-order chi connectivity index (χ1) is 11.0. The van der Waals surface area contributed by atoms with Crippen LogP contribution in [-0.2, 0) is 18.7 Å². The average Bonchev–Trinajstić information content (AvgIpc) is 3.11. The van der Waals surface area contributed by atoms with E-state index in [0.717, 1.165) is 6.07 Å². The zero-order valence-corrected chi connectivity index (χ0v) is 12.5. The Hall–Kier alpha value is -2.46. The zero-order chi connectivity index (χ0) is 16.4. The zero-order valence-electron chi connectivity index (χ0n) is 11.7. The summed E-state index contributed by atoms with van der Waals surface area (Å²) in [5, 5.41) is 17.7. The third kappa shape index (κ3) is 3.17. The first-order valence-electron chi connectivity index (χ1n) is 6.58. The Balaban J connectivity index is 2.05. The van der Waals surface area contributed by atoms with E-state index in [-0.39, 0.29) is 23.4 Å². The first-order valence-corrected chi connectivity index (χ1v) is 6.99. The second kappa shape index (κ2) is 5.97. The lowest BCUT2D eigenvalue weighted by atomic mass is 9.93. The summed E-state index contributed by atoms with van der Waals surface area (Å²) in [5.41, 5.74) is -1.82. The van der Waals surface area contributed by atoms with Gasteiger partial charge in [-0.2, -0.15) is 5.10 Å². The van der Waals surface area contributed by atoms with Crippen LogP contribution in [0.15, 0.2) is 37.2 Å². The van der Waals surface area contributed by atoms with Gasteiger partial charge in [-0.15, -0.1) is 0 Å². The molecule has 0 aliphatic carbocycles. The quantitative estimate of drug-likeness (QED) is 0.687. The van der Waals surface area contributed by atoms with Gasteiger partial charge in [0.15, 0.2) is 0 Å². The minimum Gasteiger partial charge on any atom is -0.381 e. The molecule has 3 aromatic rings. The fourth-order valence-electron chi connectivity index (χ4n) is 2.32. The lowest BCUT2D eigenvalue weighted by Crippen LogP contribution is -2.38. The first kappa shape index (κ1) is 15.4. The molecule has 0 saturated carbocycles. The maximum absolute atomic E-state index is 14.2. The van der Waals surface area contributed by atoms with Crippen molar-refractivity contribution in [3.63, 3.8) is 0 Å². The summed E-state index contributed by atoms with van der Waals surface area (Å²) >= 11 is 5.03. The van der Waals surface area contributed by atoms with Crippen LogP contribution >= 0.6 is 12.2 Å². The molecule has 0 amide bonds. The number of rotatable bonds is 5. The maximum atomic E-state index is 14.2. The van der Waals surface area contributed by atoms with Crippen LogP contribution in [0.5, 0.6) is 0 Å². The topological polar surface area (TPSA) is 84.5 Å². The Labute approximate surface area is 134 Å². The van der Waals surface area contributed by atoms with Gasteiger partial charge in [-0.25, -0.2) is 23.4 Å². The molecule has 3 rings (SSSR count). The van der Waals surface area contributed by atoms with Gasteiger partial charge in [0.25, 0.3) is 0 Å². The van der Waals surface area contributed by atoms with Crippen LogP contribution in [0.4, 0.5) is 8.78 Å². The third-order valence-corrected chi connectivity index (χ3v) is 3.69. The number of halogens is 2. The van der Waals surface area contributed by atoms with Crippen molar-refractivity contribution in [1.82, 2.24) is 29.5 Å². The summed E-state index contributed by atoms with van der Waals surface area (Å²) in [4.78, 5) is 7.64. The number of hydrogen-bond acceptors (Lipinski definition) is 5. The highest BCUT2D eigenvalue weighted by molar-refractivity contribution is 7.71. The van der Waals surface area contributed by atoms with Gasteiger partial charge in [-0.1, -0.05) is 6.07 Å². The maximum Gasteiger partial charge on any atom is 0.215 e. The van der Waals surface area contributed by atoms with Gasteiger partial charge in [-0.05, 0) is 18.3 Å². The summed E-state index contributed by atoms with van der Waals surface area (Å²) in [5.74, 6) is -1.59. The summed E-state index contributed by atoms with van der Waals surface area (Å²) < 4.78 is 30.3. The van der Waals surface area contributed by atoms with E-state index < -0.39 is 17.2 Å². The van der Waals surface area contributed by atoms with Crippen LogP contribution in [0, 0.1) is 16.4 Å². The van der Waals surface area contributed by atoms with Crippen molar-refractivity contribution in [2.24, 2.45) is 0 Å². The number of hydrogen-bond donors (Lipinski definition) is 2. The Morgan fingerprint density at radius 1 is 1.30 bits per heavy atom. The Morgan fingerprint density at radius 3 is 2.74 bits per heavy atom. The molecular formula is C13H12F2N6OS. The number of benzene rings is 1. The molecule has 10 heteroatoms. The molecular weight excluding hydrogens is 326 g/mol. The molecule has 1 unspecified atom stereocenters. The van der Waals surface area contributed by atoms with E-state index in [4.69, 9.17) is 12.2 Å². The molecule has 2 N–H and O–H groups in total. The molecule has 0 radical (unpaired) electrons. The van der Waals surface area contributed by atoms with Crippen LogP contribution < -0.4 is 0 Å². The van der Waals surface area contributed by atoms with Gasteiger partial charge in [0.1, 0.15) is 36.2 Å². The molecule has 2 aromatic heterocycles. The molecule has 1 aromatic carbocycles. The van der Waals surface area contributed by atoms with E-state index in [0.29, 0.717) is 6.07 Å². The fraction of sp³-hybridized carbons (Fsp3) is 0.231. The fourth-order valence-corrected chi connectivity index (χ4v) is 2.49. The minimum absolute atomic E-state index is 0.0779. The highest BCUT2D eigenvalue weighted by Gasteiger charge is 2.34. The number of aromatic nitrogens is 6. The Morgan fingerprint density at radius 2 is 2.13 bits per heavy atom. The van der Waals surface area contributed by atoms with Crippen LogP contribution in [0.3, 0.4) is 0 Å². The Kier molecular flexibility index (Phi) is 4.01. The molecule has 0 bridgehead atoms. The molecule has 0 spiro atoms. The summed E-state index contributed by atoms with van der Waals surface area (Å²) in [6.07, 6.45) is 4.04. The molecule has 23 heavy (non-hydrogen) atoms. The van der Waals surface area contributed by atoms with Crippen LogP contribution in [0.25, 0.3) is 0 Å². The lowest BCUT2D eigenvalue weighted by Gasteiger charge is -2.29. The molecule has 0 aliphatic rings. The average molecular weight is 338 g/mol. The monoisotopic (exact) mass is 338 g/mol. The van der Waals surface area contributed by atoms with Crippen molar-refractivity contribution in [3.8, 4) is 0 Å². The van der Waals surface area contributed by atoms with Crippen molar-refractivity contribution < 1.29 is 13.9 Å². The molecule has 2 heterocycles. The van der Waals surface area contributed by atoms with Gasteiger partial charge < -0.3 is 5.11 Å². The summed E-state index contributed by atoms with van der Waals surface area (Å²) in [7, 11) is 0. The second-order valence-electron chi connectivity index (χ2n) is 5.00. The molecule has 1 atom stereocenters. The Bertz CT molecular complexity index is 861. The number of aliphatic hydroxyl groups is 1. The van der Waals surface area contributed by atoms with Crippen LogP contribution in [0.1, 0.15) is 5.56 Å². The van der Waals surface area contributed by atoms with Gasteiger partial charge >= 0.3 is 0 Å². The molecule has 0 fully saturated rings.